The van der Waals surface area contributed by atoms with Crippen molar-refractivity contribution in [2.45, 2.75) is 6.92 Å². The normalized spacial score (nSPS) is 11.5. The molecule has 2 heteroatoms. The number of phenolic OH excluding ortho intramolecular Hbond substituents is 1. The zero-order chi connectivity index (χ0) is 9.68. The van der Waals surface area contributed by atoms with Crippen LogP contribution in [0.15, 0.2) is 29.3 Å². The summed E-state index contributed by atoms with van der Waals surface area (Å²) in [5.74, 6) is 0.329. The Morgan fingerprint density at radius 2 is 2.15 bits per heavy atom. The van der Waals surface area contributed by atoms with Gasteiger partial charge in [0.1, 0.15) is 5.75 Å². The van der Waals surface area contributed by atoms with E-state index in [2.05, 4.69) is 4.99 Å². The average Bonchev–Trinajstić information content (AvgIpc) is 2.13. The van der Waals surface area contributed by atoms with E-state index in [0.717, 1.165) is 11.1 Å². The summed E-state index contributed by atoms with van der Waals surface area (Å²) in [6.07, 6.45) is 5.48. The topological polar surface area (TPSA) is 32.6 Å². The lowest BCUT2D eigenvalue weighted by atomic mass is 10.1. The van der Waals surface area contributed by atoms with Crippen molar-refractivity contribution in [1.29, 1.82) is 0 Å². The molecule has 0 aliphatic rings. The molecule has 0 atom stereocenters. The fraction of sp³-hybridized carbons (Fsp3) is 0.182. The van der Waals surface area contributed by atoms with Gasteiger partial charge in [0.15, 0.2) is 0 Å². The van der Waals surface area contributed by atoms with Gasteiger partial charge in [0, 0.05) is 13.3 Å². The summed E-state index contributed by atoms with van der Waals surface area (Å²) in [6.45, 7) is 1.89. The molecule has 0 saturated carbocycles. The van der Waals surface area contributed by atoms with Crippen LogP contribution in [-0.4, -0.2) is 18.4 Å². The van der Waals surface area contributed by atoms with E-state index < -0.39 is 0 Å². The molecule has 1 rings (SSSR count). The van der Waals surface area contributed by atoms with Crippen molar-refractivity contribution < 1.29 is 5.11 Å². The molecule has 0 unspecified atom stereocenters. The van der Waals surface area contributed by atoms with Crippen LogP contribution in [0.2, 0.25) is 0 Å². The van der Waals surface area contributed by atoms with Gasteiger partial charge in [0.05, 0.1) is 0 Å². The highest BCUT2D eigenvalue weighted by molar-refractivity contribution is 5.78. The quantitative estimate of drug-likeness (QED) is 0.688. The van der Waals surface area contributed by atoms with Gasteiger partial charge in [-0.3, -0.25) is 4.99 Å². The summed E-state index contributed by atoms with van der Waals surface area (Å²) in [6, 6.07) is 5.46. The average molecular weight is 175 g/mol. The predicted octanol–water partition coefficient (Wildman–Crippen LogP) is 2.41. The van der Waals surface area contributed by atoms with Crippen LogP contribution in [0, 0.1) is 6.92 Å². The Kier molecular flexibility index (Phi) is 3.26. The third-order valence-electron chi connectivity index (χ3n) is 1.86. The summed E-state index contributed by atoms with van der Waals surface area (Å²) >= 11 is 0. The van der Waals surface area contributed by atoms with Crippen molar-refractivity contribution in [2.24, 2.45) is 4.99 Å². The molecular weight excluding hydrogens is 162 g/mol. The molecular formula is C11H13NO. The first-order valence-corrected chi connectivity index (χ1v) is 4.13. The van der Waals surface area contributed by atoms with Crippen LogP contribution in [-0.2, 0) is 0 Å². The van der Waals surface area contributed by atoms with Crippen molar-refractivity contribution in [3.05, 3.63) is 35.4 Å². The largest absolute Gasteiger partial charge is 0.508 e. The zero-order valence-electron chi connectivity index (χ0n) is 7.86. The molecule has 0 saturated heterocycles. The molecule has 0 bridgehead atoms. The van der Waals surface area contributed by atoms with Gasteiger partial charge in [-0.2, -0.15) is 0 Å². The van der Waals surface area contributed by atoms with Crippen LogP contribution in [0.25, 0.3) is 6.08 Å². The smallest absolute Gasteiger partial charge is 0.119 e. The van der Waals surface area contributed by atoms with Gasteiger partial charge in [-0.25, -0.2) is 0 Å². The Morgan fingerprint density at radius 1 is 1.38 bits per heavy atom. The van der Waals surface area contributed by atoms with E-state index in [1.165, 1.54) is 0 Å². The number of nitrogens with zero attached hydrogens (tertiary/aromatic N) is 1. The first-order chi connectivity index (χ1) is 6.25. The Bertz CT molecular complexity index is 340. The number of allylic oxidation sites excluding steroid dienone is 1. The molecule has 0 spiro atoms. The summed E-state index contributed by atoms with van der Waals surface area (Å²) in [7, 11) is 1.72. The fourth-order valence-corrected chi connectivity index (χ4v) is 1.05. The first-order valence-electron chi connectivity index (χ1n) is 4.13. The first kappa shape index (κ1) is 9.52. The predicted molar refractivity (Wildman–Crippen MR) is 56.3 cm³/mol. The molecule has 68 valence electrons. The molecule has 1 N–H and O–H groups in total. The summed E-state index contributed by atoms with van der Waals surface area (Å²) < 4.78 is 0. The summed E-state index contributed by atoms with van der Waals surface area (Å²) in [5, 5.41) is 9.39. The maximum Gasteiger partial charge on any atom is 0.119 e. The molecule has 0 aliphatic carbocycles. The Balaban J connectivity index is 2.95. The van der Waals surface area contributed by atoms with Gasteiger partial charge < -0.3 is 5.11 Å². The van der Waals surface area contributed by atoms with Gasteiger partial charge in [0.25, 0.3) is 0 Å². The van der Waals surface area contributed by atoms with Crippen LogP contribution in [0.5, 0.6) is 5.75 Å². The van der Waals surface area contributed by atoms with Gasteiger partial charge in [-0.1, -0.05) is 18.2 Å². The number of hydrogen-bond acceptors (Lipinski definition) is 2. The van der Waals surface area contributed by atoms with E-state index >= 15 is 0 Å². The van der Waals surface area contributed by atoms with Gasteiger partial charge >= 0.3 is 0 Å². The molecule has 0 heterocycles. The number of phenols is 1. The highest BCUT2D eigenvalue weighted by Crippen LogP contribution is 2.20. The van der Waals surface area contributed by atoms with Crippen molar-refractivity contribution >= 4 is 12.3 Å². The fourth-order valence-electron chi connectivity index (χ4n) is 1.05. The highest BCUT2D eigenvalue weighted by atomic mass is 16.3. The molecule has 2 nitrogen and oxygen atoms in total. The van der Waals surface area contributed by atoms with Crippen LogP contribution >= 0.6 is 0 Å². The Morgan fingerprint density at radius 3 is 2.85 bits per heavy atom. The minimum atomic E-state index is 0.329. The van der Waals surface area contributed by atoms with E-state index in [1.807, 2.05) is 31.2 Å². The second-order valence-corrected chi connectivity index (χ2v) is 2.76. The number of rotatable bonds is 2. The molecule has 1 aromatic rings. The summed E-state index contributed by atoms with van der Waals surface area (Å²) in [5.41, 5.74) is 1.91. The van der Waals surface area contributed by atoms with Crippen LogP contribution in [0.1, 0.15) is 11.1 Å². The molecule has 0 amide bonds. The SMILES string of the molecule is C/N=C/C=C\c1cccc(O)c1C. The minimum absolute atomic E-state index is 0.329. The van der Waals surface area contributed by atoms with E-state index in [0.29, 0.717) is 5.75 Å². The third-order valence-corrected chi connectivity index (χ3v) is 1.86. The van der Waals surface area contributed by atoms with E-state index in [9.17, 15) is 5.11 Å². The highest BCUT2D eigenvalue weighted by Gasteiger charge is 1.97. The maximum atomic E-state index is 9.39. The van der Waals surface area contributed by atoms with Crippen molar-refractivity contribution in [3.63, 3.8) is 0 Å². The van der Waals surface area contributed by atoms with Crippen LogP contribution < -0.4 is 0 Å². The standard InChI is InChI=1S/C11H13NO/c1-9-10(6-4-8-12-2)5-3-7-11(9)13/h3-8,13H,1-2H3/b6-4-,12-8+. The van der Waals surface area contributed by atoms with Gasteiger partial charge in [0.2, 0.25) is 0 Å². The monoisotopic (exact) mass is 175 g/mol. The molecule has 1 aromatic carbocycles. The minimum Gasteiger partial charge on any atom is -0.508 e. The third kappa shape index (κ3) is 2.44. The molecule has 0 aliphatic heterocycles. The van der Waals surface area contributed by atoms with E-state index in [1.54, 1.807) is 19.3 Å². The lowest BCUT2D eigenvalue weighted by Gasteiger charge is -2.01. The molecule has 0 radical (unpaired) electrons. The van der Waals surface area contributed by atoms with Crippen LogP contribution in [0.3, 0.4) is 0 Å². The summed E-state index contributed by atoms with van der Waals surface area (Å²) in [4.78, 5) is 3.83. The van der Waals surface area contributed by atoms with Crippen molar-refractivity contribution in [3.8, 4) is 5.75 Å². The number of aliphatic imine (C=N–C) groups is 1. The second kappa shape index (κ2) is 4.45. The van der Waals surface area contributed by atoms with Gasteiger partial charge in [-0.15, -0.1) is 0 Å². The zero-order valence-corrected chi connectivity index (χ0v) is 7.86. The lowest BCUT2D eigenvalue weighted by molar-refractivity contribution is 0.471. The van der Waals surface area contributed by atoms with Crippen molar-refractivity contribution in [1.82, 2.24) is 0 Å². The maximum absolute atomic E-state index is 9.39. The number of aromatic hydroxyl groups is 1. The van der Waals surface area contributed by atoms with Crippen LogP contribution in [0.4, 0.5) is 0 Å². The second-order valence-electron chi connectivity index (χ2n) is 2.76. The Labute approximate surface area is 78.3 Å². The number of benzene rings is 1. The molecule has 0 fully saturated rings. The van der Waals surface area contributed by atoms with Gasteiger partial charge in [-0.05, 0) is 30.2 Å². The molecule has 0 aromatic heterocycles. The Hall–Kier alpha value is -1.57. The molecule has 13 heavy (non-hydrogen) atoms. The van der Waals surface area contributed by atoms with Crippen molar-refractivity contribution in [2.75, 3.05) is 7.05 Å². The lowest BCUT2D eigenvalue weighted by Crippen LogP contribution is -1.80. The van der Waals surface area contributed by atoms with E-state index in [-0.39, 0.29) is 0 Å². The number of hydrogen-bond donors (Lipinski definition) is 1. The van der Waals surface area contributed by atoms with E-state index in [4.69, 9.17) is 0 Å².